The van der Waals surface area contributed by atoms with Crippen LogP contribution in [0.4, 0.5) is 13.2 Å². The first-order chi connectivity index (χ1) is 10.8. The molecule has 132 valence electrons. The van der Waals surface area contributed by atoms with Gasteiger partial charge in [0.15, 0.2) is 17.5 Å². The van der Waals surface area contributed by atoms with Crippen molar-refractivity contribution in [3.63, 3.8) is 0 Å². The smallest absolute Gasteiger partial charge is 0.194 e. The van der Waals surface area contributed by atoms with Crippen LogP contribution in [0.5, 0.6) is 0 Å². The zero-order chi connectivity index (χ0) is 17.8. The molecule has 0 fully saturated rings. The molecule has 0 saturated carbocycles. The van der Waals surface area contributed by atoms with Crippen LogP contribution in [0.15, 0.2) is 6.07 Å². The van der Waals surface area contributed by atoms with Crippen LogP contribution < -0.4 is 10.4 Å². The summed E-state index contributed by atoms with van der Waals surface area (Å²) in [5.74, 6) is -3.08. The molecule has 0 saturated heterocycles. The predicted octanol–water partition coefficient (Wildman–Crippen LogP) is 5.53. The molecule has 0 amide bonds. The quantitative estimate of drug-likeness (QED) is 0.422. The lowest BCUT2D eigenvalue weighted by atomic mass is 10.3. The predicted molar refractivity (Wildman–Crippen MR) is 100.0 cm³/mol. The largest absolute Gasteiger partial charge is 0.204 e. The normalized spacial score (nSPS) is 12.7. The van der Waals surface area contributed by atoms with Crippen molar-refractivity contribution in [3.05, 3.63) is 23.5 Å². The summed E-state index contributed by atoms with van der Waals surface area (Å²) in [5, 5.41) is 1.04. The Hall–Kier alpha value is -0.556. The Morgan fingerprint density at radius 3 is 1.04 bits per heavy atom. The third kappa shape index (κ3) is 3.32. The van der Waals surface area contributed by atoms with E-state index in [0.29, 0.717) is 10.4 Å². The Labute approximate surface area is 141 Å². The van der Waals surface area contributed by atoms with Crippen LogP contribution in [0.2, 0.25) is 36.3 Å². The van der Waals surface area contributed by atoms with Gasteiger partial charge in [-0.1, -0.05) is 83.9 Å². The Balaban J connectivity index is 3.77. The molecule has 0 N–H and O–H groups in total. The second-order valence-corrected chi connectivity index (χ2v) is 17.0. The van der Waals surface area contributed by atoms with Gasteiger partial charge in [0.05, 0.1) is 16.1 Å². The average Bonchev–Trinajstić information content (AvgIpc) is 2.59. The highest BCUT2D eigenvalue weighted by atomic mass is 28.3. The molecule has 0 aliphatic carbocycles. The summed E-state index contributed by atoms with van der Waals surface area (Å²) >= 11 is 0. The van der Waals surface area contributed by atoms with Crippen molar-refractivity contribution < 1.29 is 13.2 Å². The van der Waals surface area contributed by atoms with Gasteiger partial charge in [-0.15, -0.1) is 0 Å². The topological polar surface area (TPSA) is 0 Å². The van der Waals surface area contributed by atoms with Crippen molar-refractivity contribution in [2.75, 3.05) is 0 Å². The Morgan fingerprint density at radius 2 is 0.826 bits per heavy atom. The van der Waals surface area contributed by atoms with Crippen molar-refractivity contribution in [1.29, 1.82) is 0 Å². The minimum Gasteiger partial charge on any atom is -0.204 e. The van der Waals surface area contributed by atoms with E-state index < -0.39 is 33.6 Å². The van der Waals surface area contributed by atoms with E-state index in [-0.39, 0.29) is 0 Å². The van der Waals surface area contributed by atoms with Gasteiger partial charge < -0.3 is 0 Å². The molecule has 0 aliphatic heterocycles. The minimum absolute atomic E-state index is 0.520. The molecule has 0 heterocycles. The lowest BCUT2D eigenvalue weighted by molar-refractivity contribution is 0.453. The summed E-state index contributed by atoms with van der Waals surface area (Å²) in [6.45, 7) is 12.4. The van der Waals surface area contributed by atoms with E-state index in [4.69, 9.17) is 0 Å². The Kier molecular flexibility index (Phi) is 7.14. The summed E-state index contributed by atoms with van der Waals surface area (Å²) in [6, 6.07) is 6.92. The first kappa shape index (κ1) is 20.5. The number of halogens is 3. The van der Waals surface area contributed by atoms with Crippen LogP contribution in [0.1, 0.15) is 41.5 Å². The third-order valence-electron chi connectivity index (χ3n) is 6.35. The lowest BCUT2D eigenvalue weighted by Crippen LogP contribution is -2.55. The van der Waals surface area contributed by atoms with Gasteiger partial charge in [-0.2, -0.15) is 0 Å². The zero-order valence-corrected chi connectivity index (χ0v) is 17.5. The molecule has 0 atom stereocenters. The van der Waals surface area contributed by atoms with E-state index in [0.717, 1.165) is 36.3 Å². The fourth-order valence-corrected chi connectivity index (χ4v) is 11.5. The maximum atomic E-state index is 14.6. The number of hydrogen-bond donors (Lipinski definition) is 0. The fraction of sp³-hybridized carbons (Fsp3) is 0.667. The van der Waals surface area contributed by atoms with Gasteiger partial charge in [-0.3, -0.25) is 0 Å². The maximum absolute atomic E-state index is 14.6. The van der Waals surface area contributed by atoms with Gasteiger partial charge in [0, 0.05) is 0 Å². The van der Waals surface area contributed by atoms with E-state index >= 15 is 0 Å². The first-order valence-corrected chi connectivity index (χ1v) is 14.3. The monoisotopic (exact) mass is 360 g/mol. The van der Waals surface area contributed by atoms with Gasteiger partial charge in [0.1, 0.15) is 0 Å². The molecule has 0 nitrogen and oxygen atoms in total. The number of benzene rings is 1. The molecule has 0 radical (unpaired) electrons. The summed E-state index contributed by atoms with van der Waals surface area (Å²) in [4.78, 5) is 0. The van der Waals surface area contributed by atoms with Crippen LogP contribution in [0.3, 0.4) is 0 Å². The second-order valence-electron chi connectivity index (χ2n) is 6.60. The van der Waals surface area contributed by atoms with Crippen LogP contribution in [-0.2, 0) is 0 Å². The molecule has 1 rings (SSSR count). The zero-order valence-electron chi connectivity index (χ0n) is 15.5. The van der Waals surface area contributed by atoms with Crippen molar-refractivity contribution in [3.8, 4) is 0 Å². The summed E-state index contributed by atoms with van der Waals surface area (Å²) in [6.07, 6.45) is 0. The van der Waals surface area contributed by atoms with Gasteiger partial charge in [-0.25, -0.2) is 13.2 Å². The van der Waals surface area contributed by atoms with Crippen molar-refractivity contribution >= 4 is 26.5 Å². The van der Waals surface area contributed by atoms with Crippen molar-refractivity contribution in [2.24, 2.45) is 0 Å². The first-order valence-electron chi connectivity index (χ1n) is 9.01. The fourth-order valence-electron chi connectivity index (χ4n) is 4.02. The maximum Gasteiger partial charge on any atom is 0.194 e. The standard InChI is InChI=1S/C18H31F3Si2/c1-7-22(8-2,9-3)14-13-15(17(20)18(21)16(14)19)23(10-4,11-5)12-6/h13H,7-12H2,1-6H3. The number of hydrogen-bond acceptors (Lipinski definition) is 0. The van der Waals surface area contributed by atoms with E-state index in [1.807, 2.05) is 0 Å². The lowest BCUT2D eigenvalue weighted by Gasteiger charge is -2.34. The minimum atomic E-state index is -2.10. The van der Waals surface area contributed by atoms with E-state index in [9.17, 15) is 13.2 Å². The molecular formula is C18H31F3Si2. The summed E-state index contributed by atoms with van der Waals surface area (Å²) < 4.78 is 43.7. The molecule has 1 aromatic carbocycles. The van der Waals surface area contributed by atoms with Crippen molar-refractivity contribution in [1.82, 2.24) is 0 Å². The van der Waals surface area contributed by atoms with Crippen LogP contribution in [-0.4, -0.2) is 16.1 Å². The summed E-state index contributed by atoms with van der Waals surface area (Å²) in [7, 11) is -4.20. The highest BCUT2D eigenvalue weighted by molar-refractivity contribution is 6.94. The SMILES string of the molecule is CC[Si](CC)(CC)c1cc([Si](CC)(CC)CC)c(F)c(F)c1F. The van der Waals surface area contributed by atoms with Crippen LogP contribution in [0.25, 0.3) is 0 Å². The molecule has 0 unspecified atom stereocenters. The summed E-state index contributed by atoms with van der Waals surface area (Å²) in [5.41, 5.74) is 0. The molecule has 23 heavy (non-hydrogen) atoms. The highest BCUT2D eigenvalue weighted by Crippen LogP contribution is 2.26. The molecule has 1 aromatic rings. The molecule has 0 aromatic heterocycles. The van der Waals surface area contributed by atoms with Gasteiger partial charge in [0.2, 0.25) is 0 Å². The molecule has 0 bridgehead atoms. The second kappa shape index (κ2) is 8.01. The van der Waals surface area contributed by atoms with Crippen LogP contribution in [0, 0.1) is 17.5 Å². The number of rotatable bonds is 8. The van der Waals surface area contributed by atoms with E-state index in [1.54, 1.807) is 6.07 Å². The average molecular weight is 361 g/mol. The Morgan fingerprint density at radius 1 is 0.565 bits per heavy atom. The molecule has 0 aliphatic rings. The third-order valence-corrected chi connectivity index (χ3v) is 17.5. The van der Waals surface area contributed by atoms with Gasteiger partial charge >= 0.3 is 0 Å². The van der Waals surface area contributed by atoms with Gasteiger partial charge in [0.25, 0.3) is 0 Å². The van der Waals surface area contributed by atoms with Gasteiger partial charge in [-0.05, 0) is 10.4 Å². The van der Waals surface area contributed by atoms with E-state index in [1.165, 1.54) is 0 Å². The molecular weight excluding hydrogens is 329 g/mol. The molecule has 5 heteroatoms. The molecule has 0 spiro atoms. The van der Waals surface area contributed by atoms with Crippen LogP contribution >= 0.6 is 0 Å². The van der Waals surface area contributed by atoms with E-state index in [2.05, 4.69) is 41.5 Å². The highest BCUT2D eigenvalue weighted by Gasteiger charge is 2.39. The van der Waals surface area contributed by atoms with Crippen molar-refractivity contribution in [2.45, 2.75) is 77.8 Å². The Bertz CT molecular complexity index is 475.